The van der Waals surface area contributed by atoms with E-state index in [0.29, 0.717) is 0 Å². The number of carbonyl (C=O) groups excluding carboxylic acids is 2. The molecule has 0 saturated carbocycles. The number of aliphatic hydroxyl groups excluding tert-OH is 1. The largest absolute Gasteiger partial charge is 0.481 e. The third-order valence-corrected chi connectivity index (χ3v) is 0.884. The summed E-state index contributed by atoms with van der Waals surface area (Å²) in [5, 5.41) is 16.8. The van der Waals surface area contributed by atoms with E-state index in [9.17, 15) is 14.4 Å². The van der Waals surface area contributed by atoms with E-state index in [-0.39, 0.29) is 0 Å². The predicted molar refractivity (Wildman–Crippen MR) is 35.0 cm³/mol. The van der Waals surface area contributed by atoms with Crippen LogP contribution in [0.1, 0.15) is 13.3 Å². The lowest BCUT2D eigenvalue weighted by Gasteiger charge is -2.04. The van der Waals surface area contributed by atoms with E-state index in [1.807, 2.05) is 0 Å². The molecule has 0 spiro atoms. The van der Waals surface area contributed by atoms with Gasteiger partial charge in [-0.05, 0) is 0 Å². The summed E-state index contributed by atoms with van der Waals surface area (Å²) < 4.78 is 3.92. The van der Waals surface area contributed by atoms with Crippen molar-refractivity contribution in [3.8, 4) is 0 Å². The SMILES string of the molecule is CC(=O)OC(=O)[C@@H](O)CC(=O)O. The maximum atomic E-state index is 10.5. The van der Waals surface area contributed by atoms with Crippen molar-refractivity contribution in [3.63, 3.8) is 0 Å². The van der Waals surface area contributed by atoms with Gasteiger partial charge in [-0.3, -0.25) is 9.59 Å². The number of aliphatic hydroxyl groups is 1. The summed E-state index contributed by atoms with van der Waals surface area (Å²) in [7, 11) is 0. The molecule has 0 heterocycles. The molecule has 68 valence electrons. The highest BCUT2D eigenvalue weighted by molar-refractivity contribution is 5.88. The van der Waals surface area contributed by atoms with Crippen LogP contribution in [-0.4, -0.2) is 34.2 Å². The first-order valence-electron chi connectivity index (χ1n) is 3.05. The highest BCUT2D eigenvalue weighted by atomic mass is 16.6. The van der Waals surface area contributed by atoms with Crippen LogP contribution in [0.5, 0.6) is 0 Å². The number of rotatable bonds is 3. The molecule has 0 amide bonds. The fourth-order valence-electron chi connectivity index (χ4n) is 0.458. The van der Waals surface area contributed by atoms with Crippen molar-refractivity contribution in [1.82, 2.24) is 0 Å². The summed E-state index contributed by atoms with van der Waals surface area (Å²) >= 11 is 0. The molecule has 2 N–H and O–H groups in total. The fraction of sp³-hybridized carbons (Fsp3) is 0.500. The van der Waals surface area contributed by atoms with Crippen LogP contribution in [-0.2, 0) is 19.1 Å². The minimum atomic E-state index is -1.79. The standard InChI is InChI=1S/C6H8O6/c1-3(7)12-6(11)4(8)2-5(9)10/h4,8H,2H2,1H3,(H,9,10)/t4-/m0/s1. The second kappa shape index (κ2) is 4.45. The number of carboxylic acid groups (broad SMARTS) is 1. The number of aliphatic carboxylic acids is 1. The number of ether oxygens (including phenoxy) is 1. The average Bonchev–Trinajstić information content (AvgIpc) is 1.84. The van der Waals surface area contributed by atoms with Crippen LogP contribution >= 0.6 is 0 Å². The molecule has 0 aliphatic heterocycles. The van der Waals surface area contributed by atoms with E-state index in [1.165, 1.54) is 0 Å². The van der Waals surface area contributed by atoms with Crippen LogP contribution < -0.4 is 0 Å². The smallest absolute Gasteiger partial charge is 0.343 e. The summed E-state index contributed by atoms with van der Waals surface area (Å²) in [4.78, 5) is 30.6. The van der Waals surface area contributed by atoms with Gasteiger partial charge in [-0.1, -0.05) is 0 Å². The summed E-state index contributed by atoms with van der Waals surface area (Å²) in [6, 6.07) is 0. The van der Waals surface area contributed by atoms with Gasteiger partial charge in [-0.15, -0.1) is 0 Å². The Labute approximate surface area is 67.8 Å². The van der Waals surface area contributed by atoms with Gasteiger partial charge in [0.05, 0.1) is 6.42 Å². The maximum Gasteiger partial charge on any atom is 0.343 e. The van der Waals surface area contributed by atoms with Gasteiger partial charge in [0.25, 0.3) is 0 Å². The predicted octanol–water partition coefficient (Wildman–Crippen LogP) is -1.09. The fourth-order valence-corrected chi connectivity index (χ4v) is 0.458. The molecule has 0 radical (unpaired) electrons. The molecule has 0 aromatic heterocycles. The number of carbonyl (C=O) groups is 3. The lowest BCUT2D eigenvalue weighted by atomic mass is 10.2. The third-order valence-electron chi connectivity index (χ3n) is 0.884. The zero-order valence-corrected chi connectivity index (χ0v) is 6.31. The Kier molecular flexibility index (Phi) is 3.92. The van der Waals surface area contributed by atoms with E-state index in [4.69, 9.17) is 10.2 Å². The van der Waals surface area contributed by atoms with Crippen LogP contribution in [0.3, 0.4) is 0 Å². The summed E-state index contributed by atoms with van der Waals surface area (Å²) in [6.45, 7) is 0.978. The van der Waals surface area contributed by atoms with Crippen LogP contribution in [0.4, 0.5) is 0 Å². The van der Waals surface area contributed by atoms with E-state index in [2.05, 4.69) is 4.74 Å². The highest BCUT2D eigenvalue weighted by Gasteiger charge is 2.21. The summed E-state index contributed by atoms with van der Waals surface area (Å²) in [6.07, 6.45) is -2.56. The first-order chi connectivity index (χ1) is 5.43. The minimum absolute atomic E-state index is 0.772. The van der Waals surface area contributed by atoms with Crippen molar-refractivity contribution in [1.29, 1.82) is 0 Å². The first-order valence-corrected chi connectivity index (χ1v) is 3.05. The monoisotopic (exact) mass is 176 g/mol. The molecule has 0 rings (SSSR count). The van der Waals surface area contributed by atoms with Crippen LogP contribution in [0.2, 0.25) is 0 Å². The summed E-state index contributed by atoms with van der Waals surface area (Å²) in [5.74, 6) is -3.47. The molecular formula is C6H8O6. The number of esters is 2. The van der Waals surface area contributed by atoms with E-state index in [1.54, 1.807) is 0 Å². The van der Waals surface area contributed by atoms with Gasteiger partial charge in [0, 0.05) is 6.92 Å². The quantitative estimate of drug-likeness (QED) is 0.418. The lowest BCUT2D eigenvalue weighted by molar-refractivity contribution is -0.167. The molecule has 0 aliphatic carbocycles. The Balaban J connectivity index is 3.93. The van der Waals surface area contributed by atoms with Crippen LogP contribution in [0.15, 0.2) is 0 Å². The number of hydrogen-bond acceptors (Lipinski definition) is 5. The zero-order valence-electron chi connectivity index (χ0n) is 6.31. The number of carboxylic acids is 1. The molecular weight excluding hydrogens is 168 g/mol. The molecule has 6 nitrogen and oxygen atoms in total. The van der Waals surface area contributed by atoms with Crippen molar-refractivity contribution >= 4 is 17.9 Å². The van der Waals surface area contributed by atoms with E-state index >= 15 is 0 Å². The molecule has 0 aliphatic rings. The number of hydrogen-bond donors (Lipinski definition) is 2. The second-order valence-corrected chi connectivity index (χ2v) is 2.03. The van der Waals surface area contributed by atoms with E-state index in [0.717, 1.165) is 6.92 Å². The van der Waals surface area contributed by atoms with Gasteiger partial charge >= 0.3 is 17.9 Å². The average molecular weight is 176 g/mol. The van der Waals surface area contributed by atoms with Gasteiger partial charge in [0.1, 0.15) is 0 Å². The zero-order chi connectivity index (χ0) is 9.72. The van der Waals surface area contributed by atoms with Crippen LogP contribution in [0, 0.1) is 0 Å². The highest BCUT2D eigenvalue weighted by Crippen LogP contribution is 1.95. The Bertz CT molecular complexity index is 208. The molecule has 0 bridgehead atoms. The molecule has 1 atom stereocenters. The molecule has 0 aromatic carbocycles. The Morgan fingerprint density at radius 1 is 1.42 bits per heavy atom. The van der Waals surface area contributed by atoms with E-state index < -0.39 is 30.4 Å². The summed E-state index contributed by atoms with van der Waals surface area (Å²) in [5.41, 5.74) is 0. The van der Waals surface area contributed by atoms with Gasteiger partial charge in [-0.2, -0.15) is 0 Å². The van der Waals surface area contributed by atoms with Gasteiger partial charge in [-0.25, -0.2) is 4.79 Å². The lowest BCUT2D eigenvalue weighted by Crippen LogP contribution is -2.27. The molecule has 0 aromatic rings. The van der Waals surface area contributed by atoms with Crippen molar-refractivity contribution in [3.05, 3.63) is 0 Å². The maximum absolute atomic E-state index is 10.5. The normalized spacial score (nSPS) is 11.8. The topological polar surface area (TPSA) is 101 Å². The molecule has 6 heteroatoms. The Morgan fingerprint density at radius 2 is 1.92 bits per heavy atom. The molecule has 0 unspecified atom stereocenters. The molecule has 12 heavy (non-hydrogen) atoms. The molecule has 0 fully saturated rings. The van der Waals surface area contributed by atoms with Gasteiger partial charge < -0.3 is 14.9 Å². The molecule has 0 saturated heterocycles. The van der Waals surface area contributed by atoms with Crippen molar-refractivity contribution < 1.29 is 29.3 Å². The van der Waals surface area contributed by atoms with Crippen molar-refractivity contribution in [2.75, 3.05) is 0 Å². The first kappa shape index (κ1) is 10.6. The Hall–Kier alpha value is -1.43. The van der Waals surface area contributed by atoms with Crippen molar-refractivity contribution in [2.24, 2.45) is 0 Å². The van der Waals surface area contributed by atoms with Gasteiger partial charge in [0.2, 0.25) is 0 Å². The third kappa shape index (κ3) is 4.40. The second-order valence-electron chi connectivity index (χ2n) is 2.03. The van der Waals surface area contributed by atoms with Crippen LogP contribution in [0.25, 0.3) is 0 Å². The Morgan fingerprint density at radius 3 is 2.25 bits per heavy atom. The van der Waals surface area contributed by atoms with Crippen molar-refractivity contribution in [2.45, 2.75) is 19.4 Å². The minimum Gasteiger partial charge on any atom is -0.481 e. The van der Waals surface area contributed by atoms with Gasteiger partial charge in [0.15, 0.2) is 6.10 Å².